The molecule has 4 heteroatoms. The van der Waals surface area contributed by atoms with Crippen LogP contribution in [-0.2, 0) is 13.1 Å². The molecular formula is C10H12N2S2. The van der Waals surface area contributed by atoms with Crippen LogP contribution in [0.1, 0.15) is 14.8 Å². The zero-order chi connectivity index (χ0) is 9.80. The third-order valence-electron chi connectivity index (χ3n) is 1.85. The van der Waals surface area contributed by atoms with Gasteiger partial charge in [0, 0.05) is 29.0 Å². The van der Waals surface area contributed by atoms with Crippen molar-refractivity contribution in [2.24, 2.45) is 0 Å². The lowest BCUT2D eigenvalue weighted by Crippen LogP contribution is -2.10. The van der Waals surface area contributed by atoms with Gasteiger partial charge < -0.3 is 5.32 Å². The zero-order valence-electron chi connectivity index (χ0n) is 7.99. The number of hydrogen-bond donors (Lipinski definition) is 1. The second kappa shape index (κ2) is 4.68. The molecule has 0 atom stereocenters. The van der Waals surface area contributed by atoms with Crippen LogP contribution in [0.5, 0.6) is 0 Å². The highest BCUT2D eigenvalue weighted by atomic mass is 32.1. The molecule has 0 amide bonds. The first-order chi connectivity index (χ1) is 6.84. The summed E-state index contributed by atoms with van der Waals surface area (Å²) in [6.45, 7) is 3.91. The number of aryl methyl sites for hydroxylation is 1. The Balaban J connectivity index is 1.78. The Morgan fingerprint density at radius 3 is 2.86 bits per heavy atom. The van der Waals surface area contributed by atoms with Gasteiger partial charge in [0.25, 0.3) is 0 Å². The molecule has 74 valence electrons. The summed E-state index contributed by atoms with van der Waals surface area (Å²) in [4.78, 5) is 6.90. The second-order valence-corrected chi connectivity index (χ2v) is 5.38. The van der Waals surface area contributed by atoms with Gasteiger partial charge in [-0.2, -0.15) is 0 Å². The van der Waals surface area contributed by atoms with Crippen LogP contribution in [0.4, 0.5) is 0 Å². The Kier molecular flexibility index (Phi) is 3.29. The minimum atomic E-state index is 0.920. The van der Waals surface area contributed by atoms with E-state index in [-0.39, 0.29) is 0 Å². The molecule has 2 rings (SSSR count). The third kappa shape index (κ3) is 2.64. The number of thiophene rings is 1. The molecule has 0 unspecified atom stereocenters. The van der Waals surface area contributed by atoms with Crippen molar-refractivity contribution in [1.82, 2.24) is 10.3 Å². The van der Waals surface area contributed by atoms with Crippen LogP contribution in [0.15, 0.2) is 23.7 Å². The first kappa shape index (κ1) is 9.83. The van der Waals surface area contributed by atoms with Crippen LogP contribution in [0.3, 0.4) is 0 Å². The molecule has 0 saturated carbocycles. The Bertz CT molecular complexity index is 378. The van der Waals surface area contributed by atoms with Crippen molar-refractivity contribution in [2.45, 2.75) is 20.0 Å². The number of hydrogen-bond acceptors (Lipinski definition) is 4. The van der Waals surface area contributed by atoms with E-state index < -0.39 is 0 Å². The summed E-state index contributed by atoms with van der Waals surface area (Å²) in [5.41, 5.74) is 0. The molecule has 2 aromatic rings. The van der Waals surface area contributed by atoms with E-state index in [0.29, 0.717) is 0 Å². The van der Waals surface area contributed by atoms with Crippen molar-refractivity contribution in [2.75, 3.05) is 0 Å². The van der Waals surface area contributed by atoms with Crippen LogP contribution in [0.25, 0.3) is 0 Å². The Labute approximate surface area is 91.6 Å². The van der Waals surface area contributed by atoms with Gasteiger partial charge in [0.15, 0.2) is 0 Å². The van der Waals surface area contributed by atoms with Crippen molar-refractivity contribution < 1.29 is 0 Å². The molecule has 0 aliphatic carbocycles. The predicted molar refractivity (Wildman–Crippen MR) is 61.7 cm³/mol. The maximum absolute atomic E-state index is 4.21. The van der Waals surface area contributed by atoms with Gasteiger partial charge in [-0.1, -0.05) is 6.07 Å². The van der Waals surface area contributed by atoms with Gasteiger partial charge in [-0.15, -0.1) is 22.7 Å². The third-order valence-corrected chi connectivity index (χ3v) is 3.64. The number of nitrogens with zero attached hydrogens (tertiary/aromatic N) is 1. The summed E-state index contributed by atoms with van der Waals surface area (Å²) < 4.78 is 0. The lowest BCUT2D eigenvalue weighted by molar-refractivity contribution is 0.708. The number of nitrogens with one attached hydrogen (secondary N) is 1. The summed E-state index contributed by atoms with van der Waals surface area (Å²) in [6, 6.07) is 4.23. The van der Waals surface area contributed by atoms with Crippen LogP contribution in [0, 0.1) is 6.92 Å². The minimum absolute atomic E-state index is 0.920. The molecule has 0 radical (unpaired) electrons. The molecule has 14 heavy (non-hydrogen) atoms. The van der Waals surface area contributed by atoms with Gasteiger partial charge >= 0.3 is 0 Å². The molecule has 2 nitrogen and oxygen atoms in total. The molecule has 0 spiro atoms. The Morgan fingerprint density at radius 1 is 1.36 bits per heavy atom. The lowest BCUT2D eigenvalue weighted by Gasteiger charge is -1.99. The number of aromatic nitrogens is 1. The molecular weight excluding hydrogens is 212 g/mol. The molecule has 0 aromatic carbocycles. The Hall–Kier alpha value is -0.710. The monoisotopic (exact) mass is 224 g/mol. The topological polar surface area (TPSA) is 24.9 Å². The van der Waals surface area contributed by atoms with E-state index in [2.05, 4.69) is 27.8 Å². The minimum Gasteiger partial charge on any atom is -0.307 e. The summed E-state index contributed by atoms with van der Waals surface area (Å²) in [5, 5.41) is 6.64. The van der Waals surface area contributed by atoms with Gasteiger partial charge in [-0.3, -0.25) is 0 Å². The smallest absolute Gasteiger partial charge is 0.0897 e. The van der Waals surface area contributed by atoms with Crippen LogP contribution >= 0.6 is 22.7 Å². The summed E-state index contributed by atoms with van der Waals surface area (Å²) >= 11 is 3.54. The van der Waals surface area contributed by atoms with Crippen molar-refractivity contribution in [3.8, 4) is 0 Å². The fraction of sp³-hybridized carbons (Fsp3) is 0.300. The quantitative estimate of drug-likeness (QED) is 0.864. The van der Waals surface area contributed by atoms with Crippen LogP contribution in [-0.4, -0.2) is 4.98 Å². The van der Waals surface area contributed by atoms with E-state index >= 15 is 0 Å². The van der Waals surface area contributed by atoms with Crippen molar-refractivity contribution in [3.05, 3.63) is 38.5 Å². The highest BCUT2D eigenvalue weighted by Crippen LogP contribution is 2.12. The predicted octanol–water partition coefficient (Wildman–Crippen LogP) is 2.80. The van der Waals surface area contributed by atoms with Crippen molar-refractivity contribution >= 4 is 22.7 Å². The molecule has 0 saturated heterocycles. The van der Waals surface area contributed by atoms with Crippen LogP contribution < -0.4 is 5.32 Å². The van der Waals surface area contributed by atoms with E-state index in [1.807, 2.05) is 13.1 Å². The maximum Gasteiger partial charge on any atom is 0.0897 e. The first-order valence-electron chi connectivity index (χ1n) is 4.49. The molecule has 1 N–H and O–H groups in total. The Morgan fingerprint density at radius 2 is 2.21 bits per heavy atom. The number of rotatable bonds is 4. The van der Waals surface area contributed by atoms with E-state index in [1.165, 1.54) is 9.75 Å². The summed E-state index contributed by atoms with van der Waals surface area (Å²) in [6.07, 6.45) is 1.95. The molecule has 2 heterocycles. The second-order valence-electron chi connectivity index (χ2n) is 3.03. The largest absolute Gasteiger partial charge is 0.307 e. The first-order valence-corrected chi connectivity index (χ1v) is 6.18. The van der Waals surface area contributed by atoms with Gasteiger partial charge in [0.2, 0.25) is 0 Å². The zero-order valence-corrected chi connectivity index (χ0v) is 9.62. The molecule has 2 aromatic heterocycles. The fourth-order valence-electron chi connectivity index (χ4n) is 1.21. The molecule has 0 bridgehead atoms. The van der Waals surface area contributed by atoms with Crippen LogP contribution in [0.2, 0.25) is 0 Å². The summed E-state index contributed by atoms with van der Waals surface area (Å²) in [7, 11) is 0. The van der Waals surface area contributed by atoms with Gasteiger partial charge in [-0.25, -0.2) is 4.98 Å². The van der Waals surface area contributed by atoms with E-state index in [4.69, 9.17) is 0 Å². The normalized spacial score (nSPS) is 10.6. The van der Waals surface area contributed by atoms with E-state index in [9.17, 15) is 0 Å². The molecule has 0 fully saturated rings. The van der Waals surface area contributed by atoms with E-state index in [0.717, 1.165) is 18.1 Å². The van der Waals surface area contributed by atoms with Gasteiger partial charge in [0.05, 0.1) is 5.01 Å². The standard InChI is InChI=1S/C10H12N2S2/c1-8-12-7-10(14-8)6-11-5-9-3-2-4-13-9/h2-4,7,11H,5-6H2,1H3. The van der Waals surface area contributed by atoms with Crippen molar-refractivity contribution in [3.63, 3.8) is 0 Å². The highest BCUT2D eigenvalue weighted by molar-refractivity contribution is 7.11. The fourth-order valence-corrected chi connectivity index (χ4v) is 2.65. The molecule has 0 aliphatic heterocycles. The molecule has 0 aliphatic rings. The van der Waals surface area contributed by atoms with E-state index in [1.54, 1.807) is 22.7 Å². The van der Waals surface area contributed by atoms with Gasteiger partial charge in [-0.05, 0) is 18.4 Å². The van der Waals surface area contributed by atoms with Gasteiger partial charge in [0.1, 0.15) is 0 Å². The highest BCUT2D eigenvalue weighted by Gasteiger charge is 1.97. The average molecular weight is 224 g/mol. The lowest BCUT2D eigenvalue weighted by atomic mass is 10.4. The number of thiazole rings is 1. The maximum atomic E-state index is 4.21. The average Bonchev–Trinajstić information content (AvgIpc) is 2.77. The SMILES string of the molecule is Cc1ncc(CNCc2cccs2)s1. The van der Waals surface area contributed by atoms with Crippen molar-refractivity contribution in [1.29, 1.82) is 0 Å². The summed E-state index contributed by atoms with van der Waals surface area (Å²) in [5.74, 6) is 0.